The zero-order valence-corrected chi connectivity index (χ0v) is 18.6. The van der Waals surface area contributed by atoms with Gasteiger partial charge in [-0.2, -0.15) is 0 Å². The monoisotopic (exact) mass is 482 g/mol. The first-order chi connectivity index (χ1) is 14.5. The molecule has 0 saturated carbocycles. The summed E-state index contributed by atoms with van der Waals surface area (Å²) in [5.74, 6) is 1.03. The standard InChI is InChI=1S/C23H19BrN2O3S/c1-29-20-11-9-19(10-12-20)26-21(27)14-30-23(26)16-3-2-4-18(13-16)25-22(28)15-5-7-17(24)8-6-15/h2-13,23H,14H2,1H3,(H,25,28). The van der Waals surface area contributed by atoms with Crippen LogP contribution in [0.1, 0.15) is 21.3 Å². The normalized spacial score (nSPS) is 15.9. The summed E-state index contributed by atoms with van der Waals surface area (Å²) >= 11 is 4.94. The summed E-state index contributed by atoms with van der Waals surface area (Å²) in [6, 6.07) is 22.3. The minimum absolute atomic E-state index is 0.0551. The van der Waals surface area contributed by atoms with Gasteiger partial charge in [0.2, 0.25) is 5.91 Å². The second-order valence-corrected chi connectivity index (χ2v) is 8.70. The highest BCUT2D eigenvalue weighted by atomic mass is 79.9. The lowest BCUT2D eigenvalue weighted by atomic mass is 10.1. The van der Waals surface area contributed by atoms with E-state index in [9.17, 15) is 9.59 Å². The van der Waals surface area contributed by atoms with Crippen LogP contribution in [-0.2, 0) is 4.79 Å². The molecule has 1 saturated heterocycles. The van der Waals surface area contributed by atoms with Crippen LogP contribution in [0.25, 0.3) is 0 Å². The molecule has 1 heterocycles. The number of nitrogens with zero attached hydrogens (tertiary/aromatic N) is 1. The summed E-state index contributed by atoms with van der Waals surface area (Å²) in [6.45, 7) is 0. The average Bonchev–Trinajstić information content (AvgIpc) is 3.16. The molecule has 7 heteroatoms. The Morgan fingerprint density at radius 1 is 1.10 bits per heavy atom. The van der Waals surface area contributed by atoms with Crippen LogP contribution in [0.15, 0.2) is 77.3 Å². The largest absolute Gasteiger partial charge is 0.497 e. The number of hydrogen-bond donors (Lipinski definition) is 1. The van der Waals surface area contributed by atoms with Gasteiger partial charge in [-0.05, 0) is 66.2 Å². The molecule has 1 unspecified atom stereocenters. The summed E-state index contributed by atoms with van der Waals surface area (Å²) in [6.07, 6.45) is 0. The third-order valence-corrected chi connectivity index (χ3v) is 6.50. The van der Waals surface area contributed by atoms with Crippen molar-refractivity contribution in [3.63, 3.8) is 0 Å². The van der Waals surface area contributed by atoms with Crippen LogP contribution >= 0.6 is 27.7 Å². The fraction of sp³-hybridized carbons (Fsp3) is 0.130. The molecule has 152 valence electrons. The third kappa shape index (κ3) is 4.37. The molecule has 0 radical (unpaired) electrons. The first-order valence-corrected chi connectivity index (χ1v) is 11.1. The molecule has 5 nitrogen and oxygen atoms in total. The Kier molecular flexibility index (Phi) is 6.11. The number of carbonyl (C=O) groups excluding carboxylic acids is 2. The summed E-state index contributed by atoms with van der Waals surface area (Å²) in [4.78, 5) is 26.9. The maximum atomic E-state index is 12.6. The second kappa shape index (κ2) is 8.93. The lowest BCUT2D eigenvalue weighted by molar-refractivity contribution is -0.115. The highest BCUT2D eigenvalue weighted by Gasteiger charge is 2.34. The predicted octanol–water partition coefficient (Wildman–Crippen LogP) is 5.49. The SMILES string of the molecule is COc1ccc(N2C(=O)CSC2c2cccc(NC(=O)c3ccc(Br)cc3)c2)cc1. The molecule has 3 aromatic carbocycles. The van der Waals surface area contributed by atoms with Crippen molar-refractivity contribution in [2.75, 3.05) is 23.1 Å². The topological polar surface area (TPSA) is 58.6 Å². The fourth-order valence-electron chi connectivity index (χ4n) is 3.27. The van der Waals surface area contributed by atoms with Gasteiger partial charge >= 0.3 is 0 Å². The highest BCUT2D eigenvalue weighted by molar-refractivity contribution is 9.10. The molecule has 1 fully saturated rings. The molecule has 0 aromatic heterocycles. The molecule has 1 N–H and O–H groups in total. The summed E-state index contributed by atoms with van der Waals surface area (Å²) in [5, 5.41) is 2.78. The van der Waals surface area contributed by atoms with Crippen molar-refractivity contribution in [3.8, 4) is 5.75 Å². The number of amides is 2. The zero-order chi connectivity index (χ0) is 21.1. The van der Waals surface area contributed by atoms with E-state index in [-0.39, 0.29) is 17.2 Å². The zero-order valence-electron chi connectivity index (χ0n) is 16.2. The van der Waals surface area contributed by atoms with Crippen LogP contribution in [0, 0.1) is 0 Å². The van der Waals surface area contributed by atoms with Gasteiger partial charge < -0.3 is 10.1 Å². The number of halogens is 1. The van der Waals surface area contributed by atoms with Crippen molar-refractivity contribution >= 4 is 50.9 Å². The van der Waals surface area contributed by atoms with Crippen LogP contribution in [-0.4, -0.2) is 24.7 Å². The van der Waals surface area contributed by atoms with Gasteiger partial charge in [-0.1, -0.05) is 28.1 Å². The number of hydrogen-bond acceptors (Lipinski definition) is 4. The molecule has 2 amide bonds. The molecule has 0 bridgehead atoms. The lowest BCUT2D eigenvalue weighted by Gasteiger charge is -2.25. The number of nitrogens with one attached hydrogen (secondary N) is 1. The number of anilines is 2. The quantitative estimate of drug-likeness (QED) is 0.522. The number of methoxy groups -OCH3 is 1. The number of carbonyl (C=O) groups is 2. The minimum Gasteiger partial charge on any atom is -0.497 e. The maximum Gasteiger partial charge on any atom is 0.255 e. The number of benzene rings is 3. The molecule has 0 spiro atoms. The number of ether oxygens (including phenoxy) is 1. The van der Waals surface area contributed by atoms with Crippen molar-refractivity contribution in [2.24, 2.45) is 0 Å². The Bertz CT molecular complexity index is 1070. The van der Waals surface area contributed by atoms with Gasteiger partial charge in [0, 0.05) is 21.4 Å². The van der Waals surface area contributed by atoms with E-state index in [1.807, 2.05) is 60.7 Å². The molecule has 1 aliphatic heterocycles. The van der Waals surface area contributed by atoms with Gasteiger partial charge in [0.15, 0.2) is 0 Å². The van der Waals surface area contributed by atoms with E-state index in [0.29, 0.717) is 17.0 Å². The minimum atomic E-state index is -0.179. The van der Waals surface area contributed by atoms with Gasteiger partial charge in [-0.15, -0.1) is 11.8 Å². The predicted molar refractivity (Wildman–Crippen MR) is 124 cm³/mol. The molecule has 4 rings (SSSR count). The molecule has 30 heavy (non-hydrogen) atoms. The Labute approximate surface area is 187 Å². The van der Waals surface area contributed by atoms with Crippen molar-refractivity contribution in [1.82, 2.24) is 0 Å². The molecule has 0 aliphatic carbocycles. The van der Waals surface area contributed by atoms with E-state index in [1.165, 1.54) is 0 Å². The van der Waals surface area contributed by atoms with E-state index < -0.39 is 0 Å². The van der Waals surface area contributed by atoms with E-state index in [1.54, 1.807) is 35.9 Å². The van der Waals surface area contributed by atoms with Crippen molar-refractivity contribution in [2.45, 2.75) is 5.37 Å². The van der Waals surface area contributed by atoms with Crippen LogP contribution in [0.2, 0.25) is 0 Å². The molecule has 1 aliphatic rings. The smallest absolute Gasteiger partial charge is 0.255 e. The molecule has 1 atom stereocenters. The summed E-state index contributed by atoms with van der Waals surface area (Å²) in [5.41, 5.74) is 3.04. The average molecular weight is 483 g/mol. The van der Waals surface area contributed by atoms with E-state index >= 15 is 0 Å². The van der Waals surface area contributed by atoms with Crippen LogP contribution in [0.3, 0.4) is 0 Å². The Balaban J connectivity index is 1.56. The molecular formula is C23H19BrN2O3S. The summed E-state index contributed by atoms with van der Waals surface area (Å²) in [7, 11) is 1.61. The first-order valence-electron chi connectivity index (χ1n) is 9.30. The van der Waals surface area contributed by atoms with Gasteiger partial charge in [0.1, 0.15) is 11.1 Å². The maximum absolute atomic E-state index is 12.6. The summed E-state index contributed by atoms with van der Waals surface area (Å²) < 4.78 is 6.13. The molecule has 3 aromatic rings. The van der Waals surface area contributed by atoms with Gasteiger partial charge in [-0.25, -0.2) is 0 Å². The van der Waals surface area contributed by atoms with E-state index in [0.717, 1.165) is 21.5 Å². The van der Waals surface area contributed by atoms with Crippen LogP contribution in [0.5, 0.6) is 5.75 Å². The first kappa shape index (κ1) is 20.5. The number of thioether (sulfide) groups is 1. The van der Waals surface area contributed by atoms with Crippen LogP contribution in [0.4, 0.5) is 11.4 Å². The Hall–Kier alpha value is -2.77. The third-order valence-electron chi connectivity index (χ3n) is 4.75. The van der Waals surface area contributed by atoms with E-state index in [4.69, 9.17) is 4.74 Å². The van der Waals surface area contributed by atoms with Crippen molar-refractivity contribution in [3.05, 3.63) is 88.4 Å². The van der Waals surface area contributed by atoms with Gasteiger partial charge in [0.05, 0.1) is 12.9 Å². The van der Waals surface area contributed by atoms with E-state index in [2.05, 4.69) is 21.2 Å². The number of rotatable bonds is 5. The van der Waals surface area contributed by atoms with Gasteiger partial charge in [0.25, 0.3) is 5.91 Å². The Morgan fingerprint density at radius 2 is 1.83 bits per heavy atom. The Morgan fingerprint density at radius 3 is 2.53 bits per heavy atom. The van der Waals surface area contributed by atoms with Crippen molar-refractivity contribution in [1.29, 1.82) is 0 Å². The van der Waals surface area contributed by atoms with Crippen molar-refractivity contribution < 1.29 is 14.3 Å². The fourth-order valence-corrected chi connectivity index (χ4v) is 4.70. The lowest BCUT2D eigenvalue weighted by Crippen LogP contribution is -2.27. The van der Waals surface area contributed by atoms with Gasteiger partial charge in [-0.3, -0.25) is 14.5 Å². The molecular weight excluding hydrogens is 464 g/mol. The highest BCUT2D eigenvalue weighted by Crippen LogP contribution is 2.42. The van der Waals surface area contributed by atoms with Crippen LogP contribution < -0.4 is 15.0 Å². The second-order valence-electron chi connectivity index (χ2n) is 6.71.